The Morgan fingerprint density at radius 2 is 2.00 bits per heavy atom. The van der Waals surface area contributed by atoms with Crippen molar-refractivity contribution in [3.05, 3.63) is 27.2 Å². The highest BCUT2D eigenvalue weighted by Crippen LogP contribution is 2.44. The molecule has 1 nitrogen and oxygen atoms in total. The summed E-state index contributed by atoms with van der Waals surface area (Å²) in [6.45, 7) is 7.25. The molecule has 0 radical (unpaired) electrons. The van der Waals surface area contributed by atoms with Crippen LogP contribution in [0.15, 0.2) is 6.07 Å². The van der Waals surface area contributed by atoms with Gasteiger partial charge >= 0.3 is 0 Å². The van der Waals surface area contributed by atoms with Gasteiger partial charge in [0, 0.05) is 28.2 Å². The summed E-state index contributed by atoms with van der Waals surface area (Å²) in [5, 5.41) is 4.87. The lowest BCUT2D eigenvalue weighted by molar-refractivity contribution is 0.586. The van der Waals surface area contributed by atoms with Gasteiger partial charge in [0.2, 0.25) is 0 Å². The van der Waals surface area contributed by atoms with Crippen LogP contribution in [-0.2, 0) is 5.41 Å². The van der Waals surface area contributed by atoms with Gasteiger partial charge in [0.1, 0.15) is 0 Å². The molecule has 1 aromatic rings. The second kappa shape index (κ2) is 3.04. The number of benzene rings is 1. The molecular formula is C11H13Cl2N. The van der Waals surface area contributed by atoms with E-state index in [9.17, 15) is 0 Å². The Morgan fingerprint density at radius 3 is 2.64 bits per heavy atom. The van der Waals surface area contributed by atoms with Crippen molar-refractivity contribution in [2.45, 2.75) is 26.2 Å². The number of nitrogens with one attached hydrogen (secondary N) is 1. The minimum absolute atomic E-state index is 0.0990. The van der Waals surface area contributed by atoms with E-state index in [2.05, 4.69) is 19.2 Å². The van der Waals surface area contributed by atoms with Crippen LogP contribution in [0.3, 0.4) is 0 Å². The fourth-order valence-corrected chi connectivity index (χ4v) is 2.63. The summed E-state index contributed by atoms with van der Waals surface area (Å²) >= 11 is 12.4. The molecule has 0 spiro atoms. The highest BCUT2D eigenvalue weighted by atomic mass is 35.5. The molecule has 1 aliphatic rings. The molecule has 0 saturated heterocycles. The normalized spacial score (nSPS) is 17.8. The van der Waals surface area contributed by atoms with E-state index in [-0.39, 0.29) is 5.41 Å². The molecule has 0 fully saturated rings. The van der Waals surface area contributed by atoms with Crippen LogP contribution in [-0.4, -0.2) is 6.54 Å². The molecular weight excluding hydrogens is 217 g/mol. The van der Waals surface area contributed by atoms with Crippen molar-refractivity contribution in [2.24, 2.45) is 0 Å². The standard InChI is InChI=1S/C11H13Cl2N/c1-6-7(12)4-8-9(10(6)13)11(2,3)5-14-8/h4,14H,5H2,1-3H3. The Kier molecular flexibility index (Phi) is 2.20. The summed E-state index contributed by atoms with van der Waals surface area (Å²) in [7, 11) is 0. The Hall–Kier alpha value is -0.400. The van der Waals surface area contributed by atoms with Crippen molar-refractivity contribution in [1.29, 1.82) is 0 Å². The molecule has 0 saturated carbocycles. The lowest BCUT2D eigenvalue weighted by atomic mass is 9.86. The summed E-state index contributed by atoms with van der Waals surface area (Å²) in [4.78, 5) is 0. The number of rotatable bonds is 0. The van der Waals surface area contributed by atoms with Crippen molar-refractivity contribution < 1.29 is 0 Å². The molecule has 2 rings (SSSR count). The maximum atomic E-state index is 6.30. The SMILES string of the molecule is Cc1c(Cl)cc2c(c1Cl)C(C)(C)CN2. The van der Waals surface area contributed by atoms with Crippen LogP contribution >= 0.6 is 23.2 Å². The molecule has 0 amide bonds. The predicted octanol–water partition coefficient (Wildman–Crippen LogP) is 4.00. The first-order valence-electron chi connectivity index (χ1n) is 4.66. The molecule has 1 N–H and O–H groups in total. The summed E-state index contributed by atoms with van der Waals surface area (Å²) in [6, 6.07) is 1.97. The zero-order chi connectivity index (χ0) is 10.5. The first-order chi connectivity index (χ1) is 6.43. The number of fused-ring (bicyclic) bond motifs is 1. The average Bonchev–Trinajstić information content (AvgIpc) is 2.38. The molecule has 0 atom stereocenters. The van der Waals surface area contributed by atoms with Gasteiger partial charge in [-0.25, -0.2) is 0 Å². The van der Waals surface area contributed by atoms with E-state index in [1.165, 1.54) is 5.56 Å². The molecule has 0 aromatic heterocycles. The maximum Gasteiger partial charge on any atom is 0.0508 e. The van der Waals surface area contributed by atoms with E-state index in [1.54, 1.807) is 0 Å². The monoisotopic (exact) mass is 229 g/mol. The van der Waals surface area contributed by atoms with Gasteiger partial charge in [0.05, 0.1) is 5.02 Å². The largest absolute Gasteiger partial charge is 0.384 e. The van der Waals surface area contributed by atoms with E-state index >= 15 is 0 Å². The Morgan fingerprint density at radius 1 is 1.36 bits per heavy atom. The third-order valence-corrected chi connectivity index (χ3v) is 3.71. The van der Waals surface area contributed by atoms with Crippen molar-refractivity contribution in [1.82, 2.24) is 0 Å². The minimum Gasteiger partial charge on any atom is -0.384 e. The smallest absolute Gasteiger partial charge is 0.0508 e. The number of halogens is 2. The van der Waals surface area contributed by atoms with E-state index in [1.807, 2.05) is 13.0 Å². The number of hydrogen-bond donors (Lipinski definition) is 1. The van der Waals surface area contributed by atoms with Crippen LogP contribution in [0, 0.1) is 6.92 Å². The van der Waals surface area contributed by atoms with E-state index in [4.69, 9.17) is 23.2 Å². The first kappa shape index (κ1) is 10.1. The van der Waals surface area contributed by atoms with E-state index < -0.39 is 0 Å². The van der Waals surface area contributed by atoms with Gasteiger partial charge in [-0.05, 0) is 18.6 Å². The highest BCUT2D eigenvalue weighted by molar-refractivity contribution is 6.37. The van der Waals surface area contributed by atoms with Crippen LogP contribution in [0.5, 0.6) is 0 Å². The molecule has 1 aromatic carbocycles. The van der Waals surface area contributed by atoms with Crippen molar-refractivity contribution in [3.63, 3.8) is 0 Å². The van der Waals surface area contributed by atoms with Gasteiger partial charge in [0.15, 0.2) is 0 Å². The highest BCUT2D eigenvalue weighted by Gasteiger charge is 2.33. The topological polar surface area (TPSA) is 12.0 Å². The Bertz CT molecular complexity index is 397. The number of anilines is 1. The van der Waals surface area contributed by atoms with Crippen LogP contribution in [0.2, 0.25) is 10.0 Å². The fourth-order valence-electron chi connectivity index (χ4n) is 1.92. The van der Waals surface area contributed by atoms with Gasteiger partial charge in [-0.3, -0.25) is 0 Å². The second-order valence-corrected chi connectivity index (χ2v) is 5.24. The predicted molar refractivity (Wildman–Crippen MR) is 62.7 cm³/mol. The molecule has 76 valence electrons. The molecule has 1 aliphatic heterocycles. The van der Waals surface area contributed by atoms with Crippen molar-refractivity contribution in [2.75, 3.05) is 11.9 Å². The summed E-state index contributed by atoms with van der Waals surface area (Å²) in [5.74, 6) is 0. The maximum absolute atomic E-state index is 6.30. The van der Waals surface area contributed by atoms with Gasteiger partial charge in [-0.15, -0.1) is 0 Å². The van der Waals surface area contributed by atoms with Crippen molar-refractivity contribution in [3.8, 4) is 0 Å². The zero-order valence-corrected chi connectivity index (χ0v) is 10.1. The van der Waals surface area contributed by atoms with Crippen LogP contribution in [0.1, 0.15) is 25.0 Å². The van der Waals surface area contributed by atoms with Crippen LogP contribution in [0.25, 0.3) is 0 Å². The quantitative estimate of drug-likeness (QED) is 0.710. The van der Waals surface area contributed by atoms with E-state index in [0.717, 1.165) is 27.8 Å². The molecule has 0 unspecified atom stereocenters. The average molecular weight is 230 g/mol. The lowest BCUT2D eigenvalue weighted by Gasteiger charge is -2.19. The third-order valence-electron chi connectivity index (χ3n) is 2.84. The molecule has 0 bridgehead atoms. The van der Waals surface area contributed by atoms with Crippen molar-refractivity contribution >= 4 is 28.9 Å². The van der Waals surface area contributed by atoms with E-state index in [0.29, 0.717) is 0 Å². The molecule has 14 heavy (non-hydrogen) atoms. The summed E-state index contributed by atoms with van der Waals surface area (Å²) < 4.78 is 0. The summed E-state index contributed by atoms with van der Waals surface area (Å²) in [5.41, 5.74) is 3.35. The van der Waals surface area contributed by atoms with Gasteiger partial charge in [-0.2, -0.15) is 0 Å². The summed E-state index contributed by atoms with van der Waals surface area (Å²) in [6.07, 6.45) is 0. The first-order valence-corrected chi connectivity index (χ1v) is 5.42. The van der Waals surface area contributed by atoms with Gasteiger partial charge < -0.3 is 5.32 Å². The van der Waals surface area contributed by atoms with Gasteiger partial charge in [-0.1, -0.05) is 37.0 Å². The molecule has 0 aliphatic carbocycles. The third kappa shape index (κ3) is 1.31. The Balaban J connectivity index is 2.73. The Labute approximate surface area is 94.4 Å². The second-order valence-electron chi connectivity index (χ2n) is 4.46. The lowest BCUT2D eigenvalue weighted by Crippen LogP contribution is -2.19. The minimum atomic E-state index is 0.0990. The molecule has 3 heteroatoms. The van der Waals surface area contributed by atoms with Crippen LogP contribution in [0.4, 0.5) is 5.69 Å². The van der Waals surface area contributed by atoms with Gasteiger partial charge in [0.25, 0.3) is 0 Å². The zero-order valence-electron chi connectivity index (χ0n) is 8.54. The fraction of sp³-hybridized carbons (Fsp3) is 0.455. The van der Waals surface area contributed by atoms with Crippen LogP contribution < -0.4 is 5.32 Å². The number of hydrogen-bond acceptors (Lipinski definition) is 1. The molecule has 1 heterocycles.